The van der Waals surface area contributed by atoms with Gasteiger partial charge in [-0.3, -0.25) is 19.4 Å². The number of carboxylic acids is 1. The number of amides is 3. The van der Waals surface area contributed by atoms with E-state index in [0.29, 0.717) is 63.7 Å². The SMILES string of the molecule is NCCCCC(NC(=O)C1CCCN1C(=O)C(N)CCCN=C(N)N)C(=O)NC(Cc1ccc(O)cc1)C(=O)O. The van der Waals surface area contributed by atoms with Crippen LogP contribution >= 0.6 is 0 Å². The Hall–Kier alpha value is -3.91. The van der Waals surface area contributed by atoms with Crippen molar-refractivity contribution in [2.75, 3.05) is 19.6 Å². The summed E-state index contributed by atoms with van der Waals surface area (Å²) in [5.74, 6) is -2.77. The number of guanidine groups is 1. The molecular formula is C26H42N8O6. The van der Waals surface area contributed by atoms with Crippen molar-refractivity contribution in [3.8, 4) is 5.75 Å². The second-order valence-electron chi connectivity index (χ2n) is 9.86. The highest BCUT2D eigenvalue weighted by Crippen LogP contribution is 2.20. The molecule has 0 saturated carbocycles. The maximum absolute atomic E-state index is 13.3. The van der Waals surface area contributed by atoms with E-state index < -0.39 is 42.0 Å². The highest BCUT2D eigenvalue weighted by atomic mass is 16.4. The summed E-state index contributed by atoms with van der Waals surface area (Å²) in [6, 6.07) is 2.08. The maximum atomic E-state index is 13.3. The number of phenols is 1. The summed E-state index contributed by atoms with van der Waals surface area (Å²) in [6.45, 7) is 1.08. The van der Waals surface area contributed by atoms with E-state index in [-0.39, 0.29) is 30.5 Å². The average Bonchev–Trinajstić information content (AvgIpc) is 3.40. The number of nitrogens with one attached hydrogen (secondary N) is 2. The number of hydrogen-bond acceptors (Lipinski definition) is 8. The molecule has 0 aliphatic carbocycles. The molecule has 1 aliphatic heterocycles. The Balaban J connectivity index is 2.06. The number of carbonyl (C=O) groups excluding carboxylic acids is 3. The zero-order valence-electron chi connectivity index (χ0n) is 22.6. The van der Waals surface area contributed by atoms with Gasteiger partial charge < -0.3 is 48.7 Å². The monoisotopic (exact) mass is 562 g/mol. The Morgan fingerprint density at radius 3 is 2.35 bits per heavy atom. The van der Waals surface area contributed by atoms with Crippen LogP contribution in [0.4, 0.5) is 0 Å². The van der Waals surface area contributed by atoms with E-state index in [9.17, 15) is 29.4 Å². The molecule has 1 aliphatic rings. The smallest absolute Gasteiger partial charge is 0.326 e. The van der Waals surface area contributed by atoms with Crippen molar-refractivity contribution in [1.82, 2.24) is 15.5 Å². The Labute approximate surface area is 233 Å². The highest BCUT2D eigenvalue weighted by molar-refractivity contribution is 5.94. The third-order valence-electron chi connectivity index (χ3n) is 6.69. The first-order valence-electron chi connectivity index (χ1n) is 13.5. The number of carboxylic acid groups (broad SMARTS) is 1. The standard InChI is InChI=1S/C26H42N8O6/c27-12-2-1-6-19(22(36)33-20(25(39)40)15-16-8-10-17(35)11-9-16)32-23(37)21-7-4-14-34(21)24(38)18(28)5-3-13-31-26(29)30/h8-11,18-21,35H,1-7,12-15,27-28H2,(H,32,37)(H,33,36)(H,39,40)(H4,29,30,31). The zero-order chi connectivity index (χ0) is 29.7. The number of likely N-dealkylation sites (tertiary alicyclic amines) is 1. The van der Waals surface area contributed by atoms with Gasteiger partial charge in [-0.05, 0) is 69.2 Å². The molecule has 1 heterocycles. The first kappa shape index (κ1) is 32.3. The summed E-state index contributed by atoms with van der Waals surface area (Å²) in [5, 5.41) is 24.4. The third kappa shape index (κ3) is 10.3. The van der Waals surface area contributed by atoms with Crippen LogP contribution in [-0.2, 0) is 25.6 Å². The lowest BCUT2D eigenvalue weighted by Crippen LogP contribution is -2.56. The molecule has 4 unspecified atom stereocenters. The molecular weight excluding hydrogens is 520 g/mol. The fraction of sp³-hybridized carbons (Fsp3) is 0.577. The van der Waals surface area contributed by atoms with E-state index in [2.05, 4.69) is 15.6 Å². The van der Waals surface area contributed by atoms with Crippen LogP contribution in [0.3, 0.4) is 0 Å². The number of phenolic OH excluding ortho intramolecular Hbond substituents is 1. The van der Waals surface area contributed by atoms with E-state index in [1.54, 1.807) is 12.1 Å². The molecule has 1 aromatic carbocycles. The zero-order valence-corrected chi connectivity index (χ0v) is 22.6. The lowest BCUT2D eigenvalue weighted by Gasteiger charge is -2.28. The van der Waals surface area contributed by atoms with Crippen molar-refractivity contribution in [2.45, 2.75) is 75.5 Å². The molecule has 0 aromatic heterocycles. The number of aliphatic carboxylic acids is 1. The number of rotatable bonds is 16. The molecule has 40 heavy (non-hydrogen) atoms. The number of hydrogen-bond donors (Lipinski definition) is 8. The summed E-state index contributed by atoms with van der Waals surface area (Å²) >= 11 is 0. The van der Waals surface area contributed by atoms with E-state index in [1.165, 1.54) is 17.0 Å². The highest BCUT2D eigenvalue weighted by Gasteiger charge is 2.37. The van der Waals surface area contributed by atoms with Gasteiger partial charge in [0.2, 0.25) is 17.7 Å². The molecule has 0 bridgehead atoms. The lowest BCUT2D eigenvalue weighted by atomic mass is 10.0. The van der Waals surface area contributed by atoms with Crippen LogP contribution in [0.25, 0.3) is 0 Å². The average molecular weight is 563 g/mol. The van der Waals surface area contributed by atoms with Gasteiger partial charge in [0.1, 0.15) is 23.9 Å². The molecule has 0 spiro atoms. The van der Waals surface area contributed by atoms with E-state index in [4.69, 9.17) is 22.9 Å². The number of aliphatic imine (C=N–C) groups is 1. The van der Waals surface area contributed by atoms with Gasteiger partial charge in [0.25, 0.3) is 0 Å². The summed E-state index contributed by atoms with van der Waals surface area (Å²) in [7, 11) is 0. The molecule has 12 N–H and O–H groups in total. The minimum atomic E-state index is -1.26. The molecule has 2 rings (SSSR count). The molecule has 0 radical (unpaired) electrons. The van der Waals surface area contributed by atoms with Gasteiger partial charge in [0.15, 0.2) is 5.96 Å². The molecule has 14 nitrogen and oxygen atoms in total. The van der Waals surface area contributed by atoms with Crippen molar-refractivity contribution in [3.63, 3.8) is 0 Å². The van der Waals surface area contributed by atoms with Crippen LogP contribution in [0.5, 0.6) is 5.75 Å². The van der Waals surface area contributed by atoms with Crippen molar-refractivity contribution >= 4 is 29.7 Å². The van der Waals surface area contributed by atoms with Crippen LogP contribution in [0.15, 0.2) is 29.3 Å². The van der Waals surface area contributed by atoms with Crippen LogP contribution in [0, 0.1) is 0 Å². The van der Waals surface area contributed by atoms with E-state index >= 15 is 0 Å². The first-order valence-corrected chi connectivity index (χ1v) is 13.5. The van der Waals surface area contributed by atoms with E-state index in [0.717, 1.165) is 0 Å². The van der Waals surface area contributed by atoms with Crippen LogP contribution < -0.4 is 33.6 Å². The van der Waals surface area contributed by atoms with Gasteiger partial charge in [-0.1, -0.05) is 12.1 Å². The number of unbranched alkanes of at least 4 members (excludes halogenated alkanes) is 1. The number of benzene rings is 1. The van der Waals surface area contributed by atoms with E-state index in [1.807, 2.05) is 0 Å². The Morgan fingerprint density at radius 2 is 1.73 bits per heavy atom. The number of nitrogens with two attached hydrogens (primary N) is 4. The molecule has 3 amide bonds. The predicted molar refractivity (Wildman–Crippen MR) is 149 cm³/mol. The molecule has 4 atom stereocenters. The topological polar surface area (TPSA) is 252 Å². The van der Waals surface area contributed by atoms with Gasteiger partial charge in [0.05, 0.1) is 6.04 Å². The molecule has 1 fully saturated rings. The predicted octanol–water partition coefficient (Wildman–Crippen LogP) is -1.51. The summed E-state index contributed by atoms with van der Waals surface area (Å²) < 4.78 is 0. The second-order valence-corrected chi connectivity index (χ2v) is 9.86. The normalized spacial score (nSPS) is 16.9. The van der Waals surface area contributed by atoms with Crippen LogP contribution in [0.1, 0.15) is 50.5 Å². The van der Waals surface area contributed by atoms with Gasteiger partial charge in [-0.25, -0.2) is 4.79 Å². The summed E-state index contributed by atoms with van der Waals surface area (Å²) in [4.78, 5) is 56.6. The molecule has 14 heteroatoms. The minimum absolute atomic E-state index is 0.0171. The summed E-state index contributed by atoms with van der Waals surface area (Å²) in [6.07, 6.45) is 3.20. The Bertz CT molecular complexity index is 1030. The Kier molecular flexibility index (Phi) is 13.1. The maximum Gasteiger partial charge on any atom is 0.326 e. The Morgan fingerprint density at radius 1 is 1.02 bits per heavy atom. The van der Waals surface area contributed by atoms with Crippen molar-refractivity contribution in [2.24, 2.45) is 27.9 Å². The molecule has 1 aromatic rings. The second kappa shape index (κ2) is 16.3. The quantitative estimate of drug-likeness (QED) is 0.0656. The number of carbonyl (C=O) groups is 4. The fourth-order valence-electron chi connectivity index (χ4n) is 4.53. The number of aromatic hydroxyl groups is 1. The molecule has 1 saturated heterocycles. The van der Waals surface area contributed by atoms with Gasteiger partial charge in [-0.2, -0.15) is 0 Å². The third-order valence-corrected chi connectivity index (χ3v) is 6.69. The van der Waals surface area contributed by atoms with Gasteiger partial charge >= 0.3 is 5.97 Å². The first-order chi connectivity index (χ1) is 19.0. The van der Waals surface area contributed by atoms with Crippen molar-refractivity contribution < 1.29 is 29.4 Å². The number of nitrogens with zero attached hydrogens (tertiary/aromatic N) is 2. The van der Waals surface area contributed by atoms with Crippen molar-refractivity contribution in [1.29, 1.82) is 0 Å². The molecule has 222 valence electrons. The fourth-order valence-corrected chi connectivity index (χ4v) is 4.53. The van der Waals surface area contributed by atoms with Gasteiger partial charge in [-0.15, -0.1) is 0 Å². The summed E-state index contributed by atoms with van der Waals surface area (Å²) in [5.41, 5.74) is 22.9. The van der Waals surface area contributed by atoms with Crippen molar-refractivity contribution in [3.05, 3.63) is 29.8 Å². The minimum Gasteiger partial charge on any atom is -0.508 e. The van der Waals surface area contributed by atoms with Crippen LogP contribution in [-0.4, -0.2) is 88.6 Å². The van der Waals surface area contributed by atoms with Gasteiger partial charge in [0, 0.05) is 19.5 Å². The van der Waals surface area contributed by atoms with Crippen LogP contribution in [0.2, 0.25) is 0 Å². The lowest BCUT2D eigenvalue weighted by molar-refractivity contribution is -0.143. The largest absolute Gasteiger partial charge is 0.508 e.